The summed E-state index contributed by atoms with van der Waals surface area (Å²) in [6, 6.07) is 0.448. The largest absolute Gasteiger partial charge is 0.480 e. The lowest BCUT2D eigenvalue weighted by atomic mass is 10.0. The molecule has 24 heavy (non-hydrogen) atoms. The van der Waals surface area contributed by atoms with Gasteiger partial charge in [-0.1, -0.05) is 0 Å². The van der Waals surface area contributed by atoms with Gasteiger partial charge in [-0.3, -0.25) is 29.8 Å². The molecule has 0 radical (unpaired) electrons. The fourth-order valence-corrected chi connectivity index (χ4v) is 2.69. The maximum Gasteiger partial charge on any atom is 0.328 e. The van der Waals surface area contributed by atoms with Crippen molar-refractivity contribution in [1.29, 1.82) is 0 Å². The van der Waals surface area contributed by atoms with E-state index < -0.39 is 45.1 Å². The van der Waals surface area contributed by atoms with E-state index in [1.807, 2.05) is 0 Å². The van der Waals surface area contributed by atoms with Gasteiger partial charge in [-0.25, -0.2) is 0 Å². The molecule has 1 fully saturated rings. The number of carboxylic acids is 1. The number of non-ortho nitro benzene ring substituents is 1. The van der Waals surface area contributed by atoms with Crippen LogP contribution in [0.15, 0.2) is 18.2 Å². The highest BCUT2D eigenvalue weighted by Gasteiger charge is 2.39. The highest BCUT2D eigenvalue weighted by molar-refractivity contribution is 6.06. The molecule has 0 bridgehead atoms. The van der Waals surface area contributed by atoms with E-state index in [1.165, 1.54) is 11.0 Å². The molecule has 1 aromatic rings. The first-order chi connectivity index (χ1) is 11.2. The van der Waals surface area contributed by atoms with Gasteiger partial charge in [0.25, 0.3) is 11.4 Å². The van der Waals surface area contributed by atoms with Crippen molar-refractivity contribution >= 4 is 28.8 Å². The molecule has 0 spiro atoms. The summed E-state index contributed by atoms with van der Waals surface area (Å²) in [6.45, 7) is 0.279. The number of Topliss-reactive ketones (excluding diaryl/α,β-unsaturated/α-hetero) is 1. The van der Waals surface area contributed by atoms with Crippen LogP contribution in [0.3, 0.4) is 0 Å². The molecule has 128 valence electrons. The number of hydrogen-bond donors (Lipinski definition) is 2. The van der Waals surface area contributed by atoms with Gasteiger partial charge in [0.1, 0.15) is 5.69 Å². The predicted molar refractivity (Wildman–Crippen MR) is 80.7 cm³/mol. The Kier molecular flexibility index (Phi) is 4.74. The Morgan fingerprint density at radius 2 is 1.96 bits per heavy atom. The van der Waals surface area contributed by atoms with Crippen LogP contribution in [0.4, 0.5) is 17.1 Å². The highest BCUT2D eigenvalue weighted by Crippen LogP contribution is 2.36. The number of carbonyl (C=O) groups excluding carboxylic acids is 1. The lowest BCUT2D eigenvalue weighted by Crippen LogP contribution is -2.49. The van der Waals surface area contributed by atoms with Gasteiger partial charge in [-0.15, -0.1) is 0 Å². The van der Waals surface area contributed by atoms with E-state index in [2.05, 4.69) is 0 Å². The van der Waals surface area contributed by atoms with E-state index in [9.17, 15) is 29.8 Å². The Bertz CT molecular complexity index is 720. The molecule has 2 atom stereocenters. The molecular weight excluding hydrogens is 324 g/mol. The summed E-state index contributed by atoms with van der Waals surface area (Å²) < 4.78 is 0. The second-order valence-electron chi connectivity index (χ2n) is 5.26. The molecule has 0 aliphatic carbocycles. The molecule has 0 amide bonds. The summed E-state index contributed by atoms with van der Waals surface area (Å²) in [5.41, 5.74) is 4.40. The van der Waals surface area contributed by atoms with E-state index in [-0.39, 0.29) is 12.2 Å². The number of ketones is 1. The molecule has 0 aromatic heterocycles. The molecule has 1 saturated heterocycles. The molecule has 1 aromatic carbocycles. The Hall–Kier alpha value is -3.08. The fraction of sp³-hybridized carbons (Fsp3) is 0.385. The molecular formula is C13H14N4O7. The van der Waals surface area contributed by atoms with Gasteiger partial charge < -0.3 is 15.7 Å². The summed E-state index contributed by atoms with van der Waals surface area (Å²) in [7, 11) is 0. The van der Waals surface area contributed by atoms with Crippen molar-refractivity contribution in [2.45, 2.75) is 24.9 Å². The summed E-state index contributed by atoms with van der Waals surface area (Å²) >= 11 is 0. The monoisotopic (exact) mass is 338 g/mol. The first kappa shape index (κ1) is 17.3. The summed E-state index contributed by atoms with van der Waals surface area (Å²) in [5.74, 6) is -2.24. The van der Waals surface area contributed by atoms with Crippen molar-refractivity contribution in [3.05, 3.63) is 38.4 Å². The van der Waals surface area contributed by atoms with Crippen LogP contribution in [-0.4, -0.2) is 45.3 Å². The minimum atomic E-state index is -1.73. The quantitative estimate of drug-likeness (QED) is 0.424. The maximum atomic E-state index is 12.2. The van der Waals surface area contributed by atoms with Crippen molar-refractivity contribution < 1.29 is 24.5 Å². The number of hydrogen-bond acceptors (Lipinski definition) is 8. The van der Waals surface area contributed by atoms with Crippen LogP contribution >= 0.6 is 0 Å². The smallest absolute Gasteiger partial charge is 0.328 e. The van der Waals surface area contributed by atoms with Gasteiger partial charge in [0.05, 0.1) is 22.0 Å². The van der Waals surface area contributed by atoms with Crippen LogP contribution in [0, 0.1) is 20.2 Å². The second kappa shape index (κ2) is 6.58. The van der Waals surface area contributed by atoms with Gasteiger partial charge in [-0.05, 0) is 18.9 Å². The third kappa shape index (κ3) is 3.15. The number of benzene rings is 1. The molecule has 11 nitrogen and oxygen atoms in total. The maximum absolute atomic E-state index is 12.2. The Morgan fingerprint density at radius 3 is 2.50 bits per heavy atom. The number of rotatable bonds is 6. The Labute approximate surface area is 135 Å². The number of anilines is 1. The molecule has 1 aliphatic rings. The zero-order chi connectivity index (χ0) is 18.0. The van der Waals surface area contributed by atoms with Crippen LogP contribution in [-0.2, 0) is 9.59 Å². The minimum Gasteiger partial charge on any atom is -0.480 e. The predicted octanol–water partition coefficient (Wildman–Crippen LogP) is 0.453. The SMILES string of the molecule is NC(C(=O)O)C(=O)[C@@H]1CCCN1c1ccc([N+](=O)[O-])cc1[N+](=O)[O-]. The number of nitrogens with two attached hydrogens (primary N) is 1. The van der Waals surface area contributed by atoms with E-state index in [0.717, 1.165) is 12.1 Å². The molecule has 0 saturated carbocycles. The number of carboxylic acid groups (broad SMARTS) is 1. The van der Waals surface area contributed by atoms with Crippen LogP contribution in [0.25, 0.3) is 0 Å². The van der Waals surface area contributed by atoms with E-state index in [4.69, 9.17) is 10.8 Å². The van der Waals surface area contributed by atoms with Crippen LogP contribution in [0.2, 0.25) is 0 Å². The fourth-order valence-electron chi connectivity index (χ4n) is 2.69. The average Bonchev–Trinajstić information content (AvgIpc) is 3.01. The van der Waals surface area contributed by atoms with Crippen molar-refractivity contribution in [2.75, 3.05) is 11.4 Å². The number of nitro groups is 2. The van der Waals surface area contributed by atoms with Gasteiger partial charge in [0, 0.05) is 12.6 Å². The molecule has 1 heterocycles. The molecule has 1 aliphatic heterocycles. The zero-order valence-electron chi connectivity index (χ0n) is 12.3. The van der Waals surface area contributed by atoms with E-state index >= 15 is 0 Å². The van der Waals surface area contributed by atoms with Crippen LogP contribution < -0.4 is 10.6 Å². The normalized spacial score (nSPS) is 18.2. The second-order valence-corrected chi connectivity index (χ2v) is 5.26. The van der Waals surface area contributed by atoms with Crippen LogP contribution in [0.1, 0.15) is 12.8 Å². The van der Waals surface area contributed by atoms with Gasteiger partial charge in [-0.2, -0.15) is 0 Å². The third-order valence-electron chi connectivity index (χ3n) is 3.83. The van der Waals surface area contributed by atoms with Gasteiger partial charge >= 0.3 is 5.97 Å². The zero-order valence-corrected chi connectivity index (χ0v) is 12.3. The summed E-state index contributed by atoms with van der Waals surface area (Å²) in [6.07, 6.45) is 0.810. The minimum absolute atomic E-state index is 0.0269. The van der Waals surface area contributed by atoms with Crippen LogP contribution in [0.5, 0.6) is 0 Å². The number of nitrogens with zero attached hydrogens (tertiary/aromatic N) is 3. The first-order valence-electron chi connectivity index (χ1n) is 6.95. The van der Waals surface area contributed by atoms with E-state index in [1.54, 1.807) is 0 Å². The lowest BCUT2D eigenvalue weighted by Gasteiger charge is -2.26. The van der Waals surface area contributed by atoms with Crippen molar-refractivity contribution in [3.63, 3.8) is 0 Å². The van der Waals surface area contributed by atoms with Crippen molar-refractivity contribution in [1.82, 2.24) is 0 Å². The number of nitro benzene ring substituents is 2. The standard InChI is InChI=1S/C13H14N4O7/c14-11(13(19)20)12(18)9-2-1-5-15(9)8-4-3-7(16(21)22)6-10(8)17(23)24/h3-4,6,9,11H,1-2,5,14H2,(H,19,20)/t9-,11?/m0/s1. The molecule has 3 N–H and O–H groups in total. The van der Waals surface area contributed by atoms with Gasteiger partial charge in [0.15, 0.2) is 11.8 Å². The topological polar surface area (TPSA) is 170 Å². The third-order valence-corrected chi connectivity index (χ3v) is 3.83. The Morgan fingerprint density at radius 1 is 1.29 bits per heavy atom. The summed E-state index contributed by atoms with van der Waals surface area (Å²) in [4.78, 5) is 44.9. The number of carbonyl (C=O) groups is 2. The molecule has 11 heteroatoms. The Balaban J connectivity index is 2.42. The van der Waals surface area contributed by atoms with Crippen molar-refractivity contribution in [2.24, 2.45) is 5.73 Å². The average molecular weight is 338 g/mol. The van der Waals surface area contributed by atoms with E-state index in [0.29, 0.717) is 12.8 Å². The number of aliphatic carboxylic acids is 1. The summed E-state index contributed by atoms with van der Waals surface area (Å²) in [5, 5.41) is 30.9. The van der Waals surface area contributed by atoms with Gasteiger partial charge in [0.2, 0.25) is 0 Å². The molecule has 2 rings (SSSR count). The van der Waals surface area contributed by atoms with Crippen molar-refractivity contribution in [3.8, 4) is 0 Å². The molecule has 1 unspecified atom stereocenters. The highest BCUT2D eigenvalue weighted by atomic mass is 16.6. The first-order valence-corrected chi connectivity index (χ1v) is 6.95. The lowest BCUT2D eigenvalue weighted by molar-refractivity contribution is -0.393.